The van der Waals surface area contributed by atoms with Gasteiger partial charge in [0.05, 0.1) is 24.6 Å². The van der Waals surface area contributed by atoms with E-state index >= 15 is 0 Å². The van der Waals surface area contributed by atoms with E-state index in [4.69, 9.17) is 9.47 Å². The van der Waals surface area contributed by atoms with Crippen molar-refractivity contribution in [2.75, 3.05) is 13.2 Å². The summed E-state index contributed by atoms with van der Waals surface area (Å²) in [4.78, 5) is 8.91. The van der Waals surface area contributed by atoms with Crippen molar-refractivity contribution in [2.24, 2.45) is 10.4 Å². The van der Waals surface area contributed by atoms with Gasteiger partial charge < -0.3 is 9.47 Å². The average molecular weight is 286 g/mol. The standard InChI is InChI=1S/C17H22N2O2/c1-17(7-4-6-16-20-11-12-21-16)8-10-19-15(13-17)14-5-2-3-9-18-14/h2-3,5,8-10,16H,4,6-7,11-13H2,1H3. The van der Waals surface area contributed by atoms with Crippen LogP contribution in [-0.4, -0.2) is 30.2 Å². The highest BCUT2D eigenvalue weighted by Crippen LogP contribution is 2.34. The Kier molecular flexibility index (Phi) is 4.46. The molecule has 0 aliphatic carbocycles. The van der Waals surface area contributed by atoms with Crippen LogP contribution in [0.25, 0.3) is 0 Å². The predicted molar refractivity (Wildman–Crippen MR) is 82.2 cm³/mol. The van der Waals surface area contributed by atoms with Gasteiger partial charge in [0.25, 0.3) is 0 Å². The van der Waals surface area contributed by atoms with Crippen molar-refractivity contribution in [1.29, 1.82) is 0 Å². The number of pyridine rings is 1. The molecule has 3 heterocycles. The lowest BCUT2D eigenvalue weighted by atomic mass is 9.78. The van der Waals surface area contributed by atoms with Crippen LogP contribution in [0.4, 0.5) is 0 Å². The number of hydrogen-bond acceptors (Lipinski definition) is 4. The lowest BCUT2D eigenvalue weighted by molar-refractivity contribution is -0.0488. The van der Waals surface area contributed by atoms with E-state index in [0.29, 0.717) is 0 Å². The number of ether oxygens (including phenoxy) is 2. The fraction of sp³-hybridized carbons (Fsp3) is 0.529. The van der Waals surface area contributed by atoms with Gasteiger partial charge in [-0.3, -0.25) is 9.98 Å². The molecule has 1 aromatic rings. The second-order valence-corrected chi connectivity index (χ2v) is 6.00. The SMILES string of the molecule is CC1(CCCC2OCCO2)C=CN=C(c2ccccn2)C1. The Labute approximate surface area is 125 Å². The summed E-state index contributed by atoms with van der Waals surface area (Å²) < 4.78 is 11.0. The molecule has 3 rings (SSSR count). The second kappa shape index (κ2) is 6.50. The normalized spacial score (nSPS) is 26.0. The molecular formula is C17H22N2O2. The van der Waals surface area contributed by atoms with Crippen LogP contribution in [-0.2, 0) is 9.47 Å². The van der Waals surface area contributed by atoms with Crippen LogP contribution in [0.5, 0.6) is 0 Å². The Morgan fingerprint density at radius 3 is 2.90 bits per heavy atom. The van der Waals surface area contributed by atoms with E-state index in [0.717, 1.165) is 50.3 Å². The highest BCUT2D eigenvalue weighted by Gasteiger charge is 2.27. The van der Waals surface area contributed by atoms with E-state index < -0.39 is 0 Å². The summed E-state index contributed by atoms with van der Waals surface area (Å²) in [5, 5.41) is 0. The first-order chi connectivity index (χ1) is 10.3. The fourth-order valence-corrected chi connectivity index (χ4v) is 2.90. The Morgan fingerprint density at radius 2 is 2.14 bits per heavy atom. The molecule has 21 heavy (non-hydrogen) atoms. The second-order valence-electron chi connectivity index (χ2n) is 6.00. The highest BCUT2D eigenvalue weighted by atomic mass is 16.7. The fourth-order valence-electron chi connectivity index (χ4n) is 2.90. The Morgan fingerprint density at radius 1 is 1.29 bits per heavy atom. The first-order valence-corrected chi connectivity index (χ1v) is 7.64. The number of aliphatic imine (C=N–C) groups is 1. The van der Waals surface area contributed by atoms with E-state index in [-0.39, 0.29) is 11.7 Å². The van der Waals surface area contributed by atoms with Gasteiger partial charge in [0, 0.05) is 18.8 Å². The molecule has 1 saturated heterocycles. The molecule has 0 aromatic carbocycles. The van der Waals surface area contributed by atoms with Crippen molar-refractivity contribution in [3.63, 3.8) is 0 Å². The van der Waals surface area contributed by atoms with Crippen molar-refractivity contribution in [2.45, 2.75) is 38.9 Å². The van der Waals surface area contributed by atoms with Crippen LogP contribution in [0.3, 0.4) is 0 Å². The van der Waals surface area contributed by atoms with Crippen LogP contribution in [0, 0.1) is 5.41 Å². The molecule has 2 aliphatic heterocycles. The van der Waals surface area contributed by atoms with Crippen LogP contribution in [0.2, 0.25) is 0 Å². The highest BCUT2D eigenvalue weighted by molar-refractivity contribution is 6.00. The number of nitrogens with zero attached hydrogens (tertiary/aromatic N) is 2. The molecule has 0 bridgehead atoms. The molecular weight excluding hydrogens is 264 g/mol. The van der Waals surface area contributed by atoms with Crippen LogP contribution in [0.15, 0.2) is 41.7 Å². The summed E-state index contributed by atoms with van der Waals surface area (Å²) in [6.45, 7) is 3.76. The third-order valence-corrected chi connectivity index (χ3v) is 4.12. The molecule has 0 saturated carbocycles. The zero-order chi connectivity index (χ0) is 14.5. The van der Waals surface area contributed by atoms with E-state index in [2.05, 4.69) is 23.0 Å². The van der Waals surface area contributed by atoms with Gasteiger partial charge in [0.1, 0.15) is 0 Å². The number of allylic oxidation sites excluding steroid dienone is 1. The lowest BCUT2D eigenvalue weighted by Gasteiger charge is -2.29. The minimum absolute atomic E-state index is 0.00472. The van der Waals surface area contributed by atoms with Crippen molar-refractivity contribution in [3.05, 3.63) is 42.4 Å². The summed E-state index contributed by atoms with van der Waals surface area (Å²) >= 11 is 0. The predicted octanol–water partition coefficient (Wildman–Crippen LogP) is 3.34. The van der Waals surface area contributed by atoms with Gasteiger partial charge in [-0.1, -0.05) is 19.1 Å². The number of hydrogen-bond donors (Lipinski definition) is 0. The van der Waals surface area contributed by atoms with E-state index in [9.17, 15) is 0 Å². The summed E-state index contributed by atoms with van der Waals surface area (Å²) in [6.07, 6.45) is 10.1. The van der Waals surface area contributed by atoms with Crippen molar-refractivity contribution in [1.82, 2.24) is 4.98 Å². The molecule has 0 spiro atoms. The molecule has 0 amide bonds. The zero-order valence-corrected chi connectivity index (χ0v) is 12.5. The molecule has 0 N–H and O–H groups in total. The molecule has 1 aromatic heterocycles. The molecule has 2 aliphatic rings. The molecule has 4 nitrogen and oxygen atoms in total. The van der Waals surface area contributed by atoms with Gasteiger partial charge in [-0.05, 0) is 36.8 Å². The molecule has 4 heteroatoms. The smallest absolute Gasteiger partial charge is 0.157 e. The van der Waals surface area contributed by atoms with Crippen molar-refractivity contribution >= 4 is 5.71 Å². The maximum absolute atomic E-state index is 5.49. The van der Waals surface area contributed by atoms with E-state index in [1.165, 1.54) is 0 Å². The first kappa shape index (κ1) is 14.4. The quantitative estimate of drug-likeness (QED) is 0.834. The van der Waals surface area contributed by atoms with Gasteiger partial charge in [-0.15, -0.1) is 0 Å². The molecule has 1 atom stereocenters. The topological polar surface area (TPSA) is 43.7 Å². The van der Waals surface area contributed by atoms with E-state index in [1.54, 1.807) is 0 Å². The van der Waals surface area contributed by atoms with Crippen LogP contribution < -0.4 is 0 Å². The van der Waals surface area contributed by atoms with Gasteiger partial charge in [-0.2, -0.15) is 0 Å². The monoisotopic (exact) mass is 286 g/mol. The minimum Gasteiger partial charge on any atom is -0.350 e. The van der Waals surface area contributed by atoms with Gasteiger partial charge in [0.15, 0.2) is 6.29 Å². The lowest BCUT2D eigenvalue weighted by Crippen LogP contribution is -2.23. The molecule has 112 valence electrons. The third kappa shape index (κ3) is 3.77. The Hall–Kier alpha value is -1.52. The van der Waals surface area contributed by atoms with Gasteiger partial charge in [-0.25, -0.2) is 0 Å². The summed E-state index contributed by atoms with van der Waals surface area (Å²) in [7, 11) is 0. The number of aromatic nitrogens is 1. The van der Waals surface area contributed by atoms with Crippen LogP contribution >= 0.6 is 0 Å². The maximum Gasteiger partial charge on any atom is 0.157 e. The molecule has 1 unspecified atom stereocenters. The third-order valence-electron chi connectivity index (χ3n) is 4.12. The largest absolute Gasteiger partial charge is 0.350 e. The van der Waals surface area contributed by atoms with Crippen molar-refractivity contribution < 1.29 is 9.47 Å². The Balaban J connectivity index is 1.56. The zero-order valence-electron chi connectivity index (χ0n) is 12.5. The van der Waals surface area contributed by atoms with E-state index in [1.807, 2.05) is 30.6 Å². The molecule has 0 radical (unpaired) electrons. The number of rotatable bonds is 5. The summed E-state index contributed by atoms with van der Waals surface area (Å²) in [5.41, 5.74) is 2.21. The van der Waals surface area contributed by atoms with Crippen molar-refractivity contribution in [3.8, 4) is 0 Å². The summed E-state index contributed by atoms with van der Waals surface area (Å²) in [5.74, 6) is 0. The Bertz CT molecular complexity index is 521. The average Bonchev–Trinajstić information content (AvgIpc) is 3.01. The molecule has 1 fully saturated rings. The minimum atomic E-state index is 0.00472. The maximum atomic E-state index is 5.49. The van der Waals surface area contributed by atoms with Gasteiger partial charge in [0.2, 0.25) is 0 Å². The summed E-state index contributed by atoms with van der Waals surface area (Å²) in [6, 6.07) is 5.97. The first-order valence-electron chi connectivity index (χ1n) is 7.64. The van der Waals surface area contributed by atoms with Crippen LogP contribution in [0.1, 0.15) is 38.3 Å². The van der Waals surface area contributed by atoms with Gasteiger partial charge >= 0.3 is 0 Å².